The Hall–Kier alpha value is -3.21. The quantitative estimate of drug-likeness (QED) is 0.166. The molecule has 0 aromatic heterocycles. The van der Waals surface area contributed by atoms with Crippen LogP contribution in [0.3, 0.4) is 0 Å². The Bertz CT molecular complexity index is 1150. The summed E-state index contributed by atoms with van der Waals surface area (Å²) in [6.45, 7) is 0.157. The average molecular weight is 488 g/mol. The number of benzene rings is 3. The fraction of sp³-hybridized carbons (Fsp3) is 0.0455. The molecule has 0 saturated carbocycles. The van der Waals surface area contributed by atoms with Crippen LogP contribution in [-0.2, 0) is 6.61 Å². The zero-order valence-corrected chi connectivity index (χ0v) is 17.7. The van der Waals surface area contributed by atoms with Gasteiger partial charge >= 0.3 is 0 Å². The van der Waals surface area contributed by atoms with E-state index in [1.54, 1.807) is 36.4 Å². The summed E-state index contributed by atoms with van der Waals surface area (Å²) in [6, 6.07) is 17.3. The Morgan fingerprint density at radius 3 is 2.53 bits per heavy atom. The monoisotopic (exact) mass is 486 g/mol. The highest BCUT2D eigenvalue weighted by Crippen LogP contribution is 2.36. The number of nitro groups is 1. The molecular formula is C22H13BrClFN2O3. The molecule has 0 aliphatic heterocycles. The van der Waals surface area contributed by atoms with Crippen molar-refractivity contribution in [1.82, 2.24) is 0 Å². The SMILES string of the molecule is N#C/C(=C/c1cc(Cl)c(OCc2ccc([N+](=O)[O-])cc2)c(Br)c1)c1ccccc1F. The first-order valence-electron chi connectivity index (χ1n) is 8.61. The first-order chi connectivity index (χ1) is 14.4. The molecule has 3 rings (SSSR count). The Morgan fingerprint density at radius 1 is 1.23 bits per heavy atom. The van der Waals surface area contributed by atoms with Crippen LogP contribution in [0.5, 0.6) is 5.75 Å². The van der Waals surface area contributed by atoms with Gasteiger partial charge in [0, 0.05) is 17.7 Å². The summed E-state index contributed by atoms with van der Waals surface area (Å²) in [5.74, 6) is -0.102. The molecule has 0 heterocycles. The van der Waals surface area contributed by atoms with Crippen molar-refractivity contribution in [2.45, 2.75) is 6.61 Å². The number of hydrogen-bond acceptors (Lipinski definition) is 4. The lowest BCUT2D eigenvalue weighted by Gasteiger charge is -2.11. The molecule has 5 nitrogen and oxygen atoms in total. The fourth-order valence-corrected chi connectivity index (χ4v) is 3.68. The van der Waals surface area contributed by atoms with E-state index in [9.17, 15) is 19.8 Å². The van der Waals surface area contributed by atoms with Gasteiger partial charge in [-0.05, 0) is 63.5 Å². The van der Waals surface area contributed by atoms with E-state index in [2.05, 4.69) is 15.9 Å². The maximum atomic E-state index is 14.0. The van der Waals surface area contributed by atoms with E-state index < -0.39 is 10.7 Å². The highest BCUT2D eigenvalue weighted by Gasteiger charge is 2.12. The van der Waals surface area contributed by atoms with Gasteiger partial charge in [0.1, 0.15) is 12.4 Å². The minimum absolute atomic E-state index is 0.00254. The van der Waals surface area contributed by atoms with E-state index >= 15 is 0 Å². The zero-order chi connectivity index (χ0) is 21.7. The lowest BCUT2D eigenvalue weighted by Crippen LogP contribution is -1.98. The summed E-state index contributed by atoms with van der Waals surface area (Å²) >= 11 is 9.74. The van der Waals surface area contributed by atoms with E-state index in [1.165, 1.54) is 30.3 Å². The van der Waals surface area contributed by atoms with E-state index in [1.807, 2.05) is 6.07 Å². The standard InChI is InChI=1S/C22H13BrClFN2O3/c23-19-10-15(9-16(12-26)18-3-1-2-4-21(18)25)11-20(24)22(19)30-13-14-5-7-17(8-6-14)27(28)29/h1-11H,13H2/b16-9-. The molecule has 0 spiro atoms. The van der Waals surface area contributed by atoms with Crippen molar-refractivity contribution in [3.05, 3.63) is 103 Å². The van der Waals surface area contributed by atoms with Crippen LogP contribution in [0, 0.1) is 27.3 Å². The molecule has 150 valence electrons. The topological polar surface area (TPSA) is 76.2 Å². The Kier molecular flexibility index (Phi) is 6.83. The molecule has 0 aliphatic rings. The first-order valence-corrected chi connectivity index (χ1v) is 9.78. The maximum absolute atomic E-state index is 14.0. The number of nitrogens with zero attached hydrogens (tertiary/aromatic N) is 2. The highest BCUT2D eigenvalue weighted by atomic mass is 79.9. The van der Waals surface area contributed by atoms with Gasteiger partial charge in [0.15, 0.2) is 5.75 Å². The molecule has 30 heavy (non-hydrogen) atoms. The minimum Gasteiger partial charge on any atom is -0.486 e. The third-order valence-corrected chi connectivity index (χ3v) is 5.02. The van der Waals surface area contributed by atoms with Crippen LogP contribution >= 0.6 is 27.5 Å². The normalized spacial score (nSPS) is 11.1. The van der Waals surface area contributed by atoms with Crippen molar-refractivity contribution < 1.29 is 14.1 Å². The largest absolute Gasteiger partial charge is 0.486 e. The van der Waals surface area contributed by atoms with Crippen LogP contribution in [0.25, 0.3) is 11.6 Å². The summed E-state index contributed by atoms with van der Waals surface area (Å²) in [7, 11) is 0. The number of rotatable bonds is 6. The molecule has 0 amide bonds. The van der Waals surface area contributed by atoms with Crippen LogP contribution in [0.15, 0.2) is 65.1 Å². The van der Waals surface area contributed by atoms with Crippen LogP contribution in [0.1, 0.15) is 16.7 Å². The van der Waals surface area contributed by atoms with Crippen LogP contribution in [0.2, 0.25) is 5.02 Å². The maximum Gasteiger partial charge on any atom is 0.269 e. The number of hydrogen-bond donors (Lipinski definition) is 0. The fourth-order valence-electron chi connectivity index (χ4n) is 2.69. The molecule has 0 N–H and O–H groups in total. The second kappa shape index (κ2) is 9.53. The van der Waals surface area contributed by atoms with Gasteiger partial charge < -0.3 is 4.74 Å². The number of ether oxygens (including phenoxy) is 1. The summed E-state index contributed by atoms with van der Waals surface area (Å²) in [6.07, 6.45) is 1.54. The highest BCUT2D eigenvalue weighted by molar-refractivity contribution is 9.10. The van der Waals surface area contributed by atoms with Crippen LogP contribution in [0.4, 0.5) is 10.1 Å². The lowest BCUT2D eigenvalue weighted by molar-refractivity contribution is -0.384. The van der Waals surface area contributed by atoms with Crippen molar-refractivity contribution in [1.29, 1.82) is 5.26 Å². The smallest absolute Gasteiger partial charge is 0.269 e. The van der Waals surface area contributed by atoms with E-state index in [0.717, 1.165) is 5.56 Å². The third kappa shape index (κ3) is 5.03. The van der Waals surface area contributed by atoms with Gasteiger partial charge in [-0.1, -0.05) is 29.8 Å². The van der Waals surface area contributed by atoms with Crippen molar-refractivity contribution in [2.75, 3.05) is 0 Å². The Balaban J connectivity index is 1.82. The lowest BCUT2D eigenvalue weighted by atomic mass is 10.0. The molecule has 0 unspecified atom stereocenters. The molecule has 0 fully saturated rings. The van der Waals surface area contributed by atoms with Crippen molar-refractivity contribution in [3.63, 3.8) is 0 Å². The van der Waals surface area contributed by atoms with Gasteiger partial charge in [-0.3, -0.25) is 10.1 Å². The summed E-state index contributed by atoms with van der Waals surface area (Å²) in [5, 5.41) is 20.4. The van der Waals surface area contributed by atoms with Crippen molar-refractivity contribution in [2.24, 2.45) is 0 Å². The molecule has 0 radical (unpaired) electrons. The predicted molar refractivity (Wildman–Crippen MR) is 116 cm³/mol. The van der Waals surface area contributed by atoms with Gasteiger partial charge in [-0.15, -0.1) is 0 Å². The zero-order valence-electron chi connectivity index (χ0n) is 15.3. The van der Waals surface area contributed by atoms with E-state index in [4.69, 9.17) is 16.3 Å². The number of halogens is 3. The number of allylic oxidation sites excluding steroid dienone is 1. The number of non-ortho nitro benzene ring substituents is 1. The van der Waals surface area contributed by atoms with Gasteiger partial charge in [-0.2, -0.15) is 5.26 Å². The molecule has 0 saturated heterocycles. The molecule has 0 aliphatic carbocycles. The molecular weight excluding hydrogens is 475 g/mol. The number of nitriles is 1. The van der Waals surface area contributed by atoms with E-state index in [0.29, 0.717) is 20.8 Å². The van der Waals surface area contributed by atoms with Crippen LogP contribution in [-0.4, -0.2) is 4.92 Å². The van der Waals surface area contributed by atoms with Gasteiger partial charge in [0.05, 0.1) is 26.1 Å². The molecule has 3 aromatic carbocycles. The second-order valence-corrected chi connectivity index (χ2v) is 7.44. The average Bonchev–Trinajstić information content (AvgIpc) is 2.72. The molecule has 3 aromatic rings. The van der Waals surface area contributed by atoms with Crippen molar-refractivity contribution in [3.8, 4) is 11.8 Å². The Labute approximate surface area is 185 Å². The van der Waals surface area contributed by atoms with E-state index in [-0.39, 0.29) is 23.4 Å². The third-order valence-electron chi connectivity index (χ3n) is 4.15. The van der Waals surface area contributed by atoms with Crippen LogP contribution < -0.4 is 4.74 Å². The van der Waals surface area contributed by atoms with Gasteiger partial charge in [0.25, 0.3) is 5.69 Å². The summed E-state index contributed by atoms with van der Waals surface area (Å²) in [4.78, 5) is 10.3. The summed E-state index contributed by atoms with van der Waals surface area (Å²) < 4.78 is 20.3. The second-order valence-electron chi connectivity index (χ2n) is 6.18. The molecule has 0 bridgehead atoms. The first kappa shape index (κ1) is 21.5. The predicted octanol–water partition coefficient (Wildman–Crippen LogP) is 6.79. The minimum atomic E-state index is -0.487. The summed E-state index contributed by atoms with van der Waals surface area (Å²) in [5.41, 5.74) is 1.69. The van der Waals surface area contributed by atoms with Gasteiger partial charge in [0.2, 0.25) is 0 Å². The molecule has 0 atom stereocenters. The molecule has 8 heteroatoms. The van der Waals surface area contributed by atoms with Gasteiger partial charge in [-0.25, -0.2) is 4.39 Å². The van der Waals surface area contributed by atoms with Crippen molar-refractivity contribution >= 4 is 44.9 Å². The Morgan fingerprint density at radius 2 is 1.93 bits per heavy atom. The number of nitro benzene ring substituents is 1.